The van der Waals surface area contributed by atoms with Crippen molar-refractivity contribution in [2.24, 2.45) is 0 Å². The largest absolute Gasteiger partial charge is 0.397 e. The summed E-state index contributed by atoms with van der Waals surface area (Å²) in [7, 11) is 0. The van der Waals surface area contributed by atoms with Crippen molar-refractivity contribution in [3.05, 3.63) is 28.3 Å². The SMILES string of the molecule is CCN1CCC(Nc2ccc([N+](=O)[O-])cc2N)CC1. The van der Waals surface area contributed by atoms with E-state index >= 15 is 0 Å². The maximum Gasteiger partial charge on any atom is 0.271 e. The van der Waals surface area contributed by atoms with Gasteiger partial charge in [0.1, 0.15) is 0 Å². The molecule has 0 radical (unpaired) electrons. The van der Waals surface area contributed by atoms with Crippen LogP contribution >= 0.6 is 0 Å². The Morgan fingerprint density at radius 1 is 1.47 bits per heavy atom. The van der Waals surface area contributed by atoms with Gasteiger partial charge in [-0.1, -0.05) is 6.92 Å². The fraction of sp³-hybridized carbons (Fsp3) is 0.538. The zero-order chi connectivity index (χ0) is 13.8. The van der Waals surface area contributed by atoms with Gasteiger partial charge in [0.05, 0.1) is 16.3 Å². The van der Waals surface area contributed by atoms with Crippen LogP contribution in [0.1, 0.15) is 19.8 Å². The molecule has 0 amide bonds. The molecule has 0 saturated carbocycles. The number of non-ortho nitro benzene ring substituents is 1. The minimum Gasteiger partial charge on any atom is -0.397 e. The van der Waals surface area contributed by atoms with E-state index in [-0.39, 0.29) is 5.69 Å². The number of likely N-dealkylation sites (tertiary alicyclic amines) is 1. The molecule has 1 heterocycles. The van der Waals surface area contributed by atoms with Gasteiger partial charge in [0.2, 0.25) is 0 Å². The van der Waals surface area contributed by atoms with Crippen molar-refractivity contribution >= 4 is 17.1 Å². The van der Waals surface area contributed by atoms with Gasteiger partial charge in [0, 0.05) is 31.3 Å². The third-order valence-electron chi connectivity index (χ3n) is 3.64. The van der Waals surface area contributed by atoms with E-state index in [0.717, 1.165) is 38.2 Å². The van der Waals surface area contributed by atoms with Crippen molar-refractivity contribution in [1.29, 1.82) is 0 Å². The number of anilines is 2. The summed E-state index contributed by atoms with van der Waals surface area (Å²) in [5, 5.41) is 14.0. The lowest BCUT2D eigenvalue weighted by molar-refractivity contribution is -0.384. The van der Waals surface area contributed by atoms with Crippen LogP contribution in [-0.2, 0) is 0 Å². The van der Waals surface area contributed by atoms with Crippen molar-refractivity contribution in [2.45, 2.75) is 25.8 Å². The maximum absolute atomic E-state index is 10.6. The molecule has 0 aliphatic carbocycles. The Balaban J connectivity index is 1.98. The van der Waals surface area contributed by atoms with E-state index in [1.54, 1.807) is 6.07 Å². The maximum atomic E-state index is 10.6. The van der Waals surface area contributed by atoms with Crippen molar-refractivity contribution in [3.63, 3.8) is 0 Å². The van der Waals surface area contributed by atoms with E-state index in [0.29, 0.717) is 11.7 Å². The summed E-state index contributed by atoms with van der Waals surface area (Å²) in [6.07, 6.45) is 2.15. The predicted octanol–water partition coefficient (Wildman–Crippen LogP) is 2.07. The third-order valence-corrected chi connectivity index (χ3v) is 3.64. The van der Waals surface area contributed by atoms with Gasteiger partial charge in [0.25, 0.3) is 5.69 Å². The number of nitrogens with one attached hydrogen (secondary N) is 1. The lowest BCUT2D eigenvalue weighted by Crippen LogP contribution is -2.38. The molecule has 3 N–H and O–H groups in total. The third kappa shape index (κ3) is 3.35. The van der Waals surface area contributed by atoms with Crippen LogP contribution < -0.4 is 11.1 Å². The van der Waals surface area contributed by atoms with E-state index in [1.165, 1.54) is 12.1 Å². The first-order chi connectivity index (χ1) is 9.10. The summed E-state index contributed by atoms with van der Waals surface area (Å²) in [5.41, 5.74) is 7.11. The Kier molecular flexibility index (Phi) is 4.21. The Morgan fingerprint density at radius 2 is 2.16 bits per heavy atom. The van der Waals surface area contributed by atoms with Crippen LogP contribution in [0.25, 0.3) is 0 Å². The van der Waals surface area contributed by atoms with Gasteiger partial charge >= 0.3 is 0 Å². The molecule has 1 aliphatic heterocycles. The number of benzene rings is 1. The molecule has 1 fully saturated rings. The molecule has 0 atom stereocenters. The van der Waals surface area contributed by atoms with E-state index < -0.39 is 4.92 Å². The first-order valence-corrected chi connectivity index (χ1v) is 6.63. The molecule has 19 heavy (non-hydrogen) atoms. The van der Waals surface area contributed by atoms with Crippen LogP contribution in [0.3, 0.4) is 0 Å². The Morgan fingerprint density at radius 3 is 2.68 bits per heavy atom. The average molecular weight is 264 g/mol. The van der Waals surface area contributed by atoms with E-state index in [1.807, 2.05) is 0 Å². The van der Waals surface area contributed by atoms with E-state index in [2.05, 4.69) is 17.1 Å². The highest BCUT2D eigenvalue weighted by atomic mass is 16.6. The number of nitrogens with zero attached hydrogens (tertiary/aromatic N) is 2. The van der Waals surface area contributed by atoms with Crippen molar-refractivity contribution in [2.75, 3.05) is 30.7 Å². The summed E-state index contributed by atoms with van der Waals surface area (Å²) in [4.78, 5) is 12.6. The molecule has 1 saturated heterocycles. The monoisotopic (exact) mass is 264 g/mol. The predicted molar refractivity (Wildman–Crippen MR) is 76.3 cm³/mol. The highest BCUT2D eigenvalue weighted by Crippen LogP contribution is 2.26. The van der Waals surface area contributed by atoms with Crippen molar-refractivity contribution in [1.82, 2.24) is 4.90 Å². The van der Waals surface area contributed by atoms with Crippen molar-refractivity contribution in [3.8, 4) is 0 Å². The average Bonchev–Trinajstić information content (AvgIpc) is 2.41. The number of rotatable bonds is 4. The van der Waals surface area contributed by atoms with Gasteiger partial charge in [-0.25, -0.2) is 0 Å². The van der Waals surface area contributed by atoms with E-state index in [9.17, 15) is 10.1 Å². The molecule has 0 unspecified atom stereocenters. The standard InChI is InChI=1S/C13H20N4O2/c1-2-16-7-5-10(6-8-16)15-13-4-3-11(17(18)19)9-12(13)14/h3-4,9-10,15H,2,5-8,14H2,1H3. The molecule has 6 nitrogen and oxygen atoms in total. The number of nitro groups is 1. The second kappa shape index (κ2) is 5.88. The second-order valence-electron chi connectivity index (χ2n) is 4.88. The highest BCUT2D eigenvalue weighted by molar-refractivity contribution is 5.69. The minimum atomic E-state index is -0.431. The molecule has 0 spiro atoms. The smallest absolute Gasteiger partial charge is 0.271 e. The van der Waals surface area contributed by atoms with Crippen LogP contribution in [0.2, 0.25) is 0 Å². The molecule has 2 rings (SSSR count). The summed E-state index contributed by atoms with van der Waals surface area (Å²) < 4.78 is 0. The van der Waals surface area contributed by atoms with Crippen LogP contribution in [0, 0.1) is 10.1 Å². The fourth-order valence-electron chi connectivity index (χ4n) is 2.41. The molecule has 0 bridgehead atoms. The fourth-order valence-corrected chi connectivity index (χ4v) is 2.41. The molecule has 6 heteroatoms. The lowest BCUT2D eigenvalue weighted by atomic mass is 10.0. The summed E-state index contributed by atoms with van der Waals surface area (Å²) >= 11 is 0. The summed E-state index contributed by atoms with van der Waals surface area (Å²) in [5.74, 6) is 0. The van der Waals surface area contributed by atoms with Crippen molar-refractivity contribution < 1.29 is 4.92 Å². The number of hydrogen-bond donors (Lipinski definition) is 2. The van der Waals surface area contributed by atoms with Gasteiger partial charge in [-0.3, -0.25) is 10.1 Å². The van der Waals surface area contributed by atoms with Gasteiger partial charge in [0.15, 0.2) is 0 Å². The van der Waals surface area contributed by atoms with Gasteiger partial charge in [-0.15, -0.1) is 0 Å². The van der Waals surface area contributed by atoms with Crippen LogP contribution in [-0.4, -0.2) is 35.5 Å². The van der Waals surface area contributed by atoms with Crippen LogP contribution in [0.4, 0.5) is 17.1 Å². The van der Waals surface area contributed by atoms with Gasteiger partial charge in [-0.05, 0) is 25.5 Å². The number of nitrogen functional groups attached to an aromatic ring is 1. The number of nitrogens with two attached hydrogens (primary N) is 1. The van der Waals surface area contributed by atoms with E-state index in [4.69, 9.17) is 5.73 Å². The van der Waals surface area contributed by atoms with Gasteiger partial charge in [-0.2, -0.15) is 0 Å². The second-order valence-corrected chi connectivity index (χ2v) is 4.88. The molecule has 104 valence electrons. The molecule has 1 aromatic carbocycles. The first kappa shape index (κ1) is 13.6. The topological polar surface area (TPSA) is 84.4 Å². The number of piperidine rings is 1. The zero-order valence-corrected chi connectivity index (χ0v) is 11.1. The van der Waals surface area contributed by atoms with Gasteiger partial charge < -0.3 is 16.0 Å². The zero-order valence-electron chi connectivity index (χ0n) is 11.1. The van der Waals surface area contributed by atoms with Crippen LogP contribution in [0.5, 0.6) is 0 Å². The molecule has 1 aromatic rings. The lowest BCUT2D eigenvalue weighted by Gasteiger charge is -2.32. The quantitative estimate of drug-likeness (QED) is 0.494. The molecular formula is C13H20N4O2. The minimum absolute atomic E-state index is 0.0313. The molecule has 0 aromatic heterocycles. The number of nitro benzene ring substituents is 1. The Labute approximate surface area is 112 Å². The molecular weight excluding hydrogens is 244 g/mol. The summed E-state index contributed by atoms with van der Waals surface area (Å²) in [6, 6.07) is 4.98. The normalized spacial score (nSPS) is 17.3. The summed E-state index contributed by atoms with van der Waals surface area (Å²) in [6.45, 7) is 5.43. The Bertz CT molecular complexity index is 456. The number of hydrogen-bond acceptors (Lipinski definition) is 5. The molecule has 1 aliphatic rings. The highest BCUT2D eigenvalue weighted by Gasteiger charge is 2.19. The Hall–Kier alpha value is -1.82. The first-order valence-electron chi connectivity index (χ1n) is 6.63. The van der Waals surface area contributed by atoms with Crippen LogP contribution in [0.15, 0.2) is 18.2 Å².